The molecule has 0 amide bonds. The van der Waals surface area contributed by atoms with Gasteiger partial charge in [0, 0.05) is 13.2 Å². The number of nitrogens with two attached hydrogens (primary N) is 1. The number of primary sulfonamides is 1. The van der Waals surface area contributed by atoms with Gasteiger partial charge in [-0.3, -0.25) is 0 Å². The second kappa shape index (κ2) is 6.54. The maximum absolute atomic E-state index is 10.7. The molecule has 0 saturated heterocycles. The van der Waals surface area contributed by atoms with Gasteiger partial charge < -0.3 is 10.1 Å². The average Bonchev–Trinajstić information content (AvgIpc) is 2.24. The Balaban J connectivity index is 2.07. The Morgan fingerprint density at radius 3 is 2.44 bits per heavy atom. The van der Waals surface area contributed by atoms with E-state index in [0.29, 0.717) is 18.6 Å². The predicted octanol–water partition coefficient (Wildman–Crippen LogP) is 0.212. The van der Waals surface area contributed by atoms with E-state index in [0.717, 1.165) is 32.2 Å². The number of rotatable bonds is 6. The van der Waals surface area contributed by atoms with Gasteiger partial charge in [-0.2, -0.15) is 0 Å². The van der Waals surface area contributed by atoms with Crippen molar-refractivity contribution in [2.45, 2.75) is 44.2 Å². The van der Waals surface area contributed by atoms with Crippen LogP contribution in [0.15, 0.2) is 0 Å². The van der Waals surface area contributed by atoms with Gasteiger partial charge in [-0.1, -0.05) is 0 Å². The number of nitrogens with one attached hydrogen (secondary N) is 1. The number of hydrogen-bond donors (Lipinski definition) is 2. The minimum Gasteiger partial charge on any atom is -0.381 e. The molecular formula is C10H22N2O3S. The van der Waals surface area contributed by atoms with Gasteiger partial charge in [0.1, 0.15) is 0 Å². The largest absolute Gasteiger partial charge is 0.381 e. The molecule has 0 aromatic heterocycles. The van der Waals surface area contributed by atoms with Crippen LogP contribution in [0.4, 0.5) is 0 Å². The summed E-state index contributed by atoms with van der Waals surface area (Å²) in [6, 6.07) is 0.506. The number of sulfonamides is 1. The third-order valence-electron chi connectivity index (χ3n) is 3.05. The van der Waals surface area contributed by atoms with Crippen molar-refractivity contribution < 1.29 is 13.2 Å². The van der Waals surface area contributed by atoms with Crippen LogP contribution in [0.25, 0.3) is 0 Å². The van der Waals surface area contributed by atoms with Crippen LogP contribution in [-0.2, 0) is 14.8 Å². The van der Waals surface area contributed by atoms with Crippen LogP contribution in [0.5, 0.6) is 0 Å². The lowest BCUT2D eigenvalue weighted by Crippen LogP contribution is -2.36. The van der Waals surface area contributed by atoms with E-state index in [1.807, 2.05) is 0 Å². The Morgan fingerprint density at radius 2 is 1.94 bits per heavy atom. The number of hydrogen-bond acceptors (Lipinski definition) is 4. The van der Waals surface area contributed by atoms with Gasteiger partial charge in [-0.15, -0.1) is 0 Å². The molecular weight excluding hydrogens is 228 g/mol. The minimum atomic E-state index is -3.30. The van der Waals surface area contributed by atoms with E-state index in [-0.39, 0.29) is 5.75 Å². The molecule has 96 valence electrons. The molecule has 0 radical (unpaired) electrons. The molecule has 16 heavy (non-hydrogen) atoms. The van der Waals surface area contributed by atoms with Crippen molar-refractivity contribution in [3.8, 4) is 0 Å². The highest BCUT2D eigenvalue weighted by molar-refractivity contribution is 7.89. The van der Waals surface area contributed by atoms with Crippen LogP contribution in [0.2, 0.25) is 0 Å². The molecule has 1 fully saturated rings. The predicted molar refractivity (Wildman–Crippen MR) is 63.6 cm³/mol. The van der Waals surface area contributed by atoms with Gasteiger partial charge in [-0.25, -0.2) is 13.6 Å². The van der Waals surface area contributed by atoms with Gasteiger partial charge in [-0.05, 0) is 38.6 Å². The second-order valence-electron chi connectivity index (χ2n) is 4.38. The van der Waals surface area contributed by atoms with Crippen LogP contribution >= 0.6 is 0 Å². The van der Waals surface area contributed by atoms with Gasteiger partial charge >= 0.3 is 0 Å². The monoisotopic (exact) mass is 250 g/mol. The number of methoxy groups -OCH3 is 1. The zero-order chi connectivity index (χ0) is 12.0. The molecule has 0 aromatic carbocycles. The molecule has 3 N–H and O–H groups in total. The van der Waals surface area contributed by atoms with Crippen LogP contribution in [0, 0.1) is 0 Å². The molecule has 0 unspecified atom stereocenters. The van der Waals surface area contributed by atoms with E-state index < -0.39 is 10.0 Å². The van der Waals surface area contributed by atoms with Crippen LogP contribution in [0.3, 0.4) is 0 Å². The third-order valence-corrected chi connectivity index (χ3v) is 3.90. The van der Waals surface area contributed by atoms with E-state index in [1.165, 1.54) is 0 Å². The van der Waals surface area contributed by atoms with Crippen LogP contribution < -0.4 is 10.5 Å². The van der Waals surface area contributed by atoms with Crippen LogP contribution in [-0.4, -0.2) is 40.0 Å². The Labute approximate surface area is 97.8 Å². The first kappa shape index (κ1) is 13.9. The van der Waals surface area contributed by atoms with E-state index >= 15 is 0 Å². The first-order valence-electron chi connectivity index (χ1n) is 5.78. The van der Waals surface area contributed by atoms with Crippen molar-refractivity contribution in [3.63, 3.8) is 0 Å². The van der Waals surface area contributed by atoms with E-state index in [4.69, 9.17) is 9.88 Å². The molecule has 1 rings (SSSR count). The third kappa shape index (κ3) is 5.79. The molecule has 1 aliphatic carbocycles. The molecule has 0 spiro atoms. The summed E-state index contributed by atoms with van der Waals surface area (Å²) in [6.07, 6.45) is 5.37. The zero-order valence-electron chi connectivity index (χ0n) is 9.81. The Hall–Kier alpha value is -0.170. The zero-order valence-corrected chi connectivity index (χ0v) is 10.6. The molecule has 1 aliphatic rings. The normalized spacial score (nSPS) is 26.9. The second-order valence-corrected chi connectivity index (χ2v) is 6.12. The van der Waals surface area contributed by atoms with Gasteiger partial charge in [0.15, 0.2) is 0 Å². The molecule has 1 saturated carbocycles. The quantitative estimate of drug-likeness (QED) is 0.660. The summed E-state index contributed by atoms with van der Waals surface area (Å²) in [5, 5.41) is 8.28. The lowest BCUT2D eigenvalue weighted by molar-refractivity contribution is 0.0626. The first-order chi connectivity index (χ1) is 7.51. The Morgan fingerprint density at radius 1 is 1.31 bits per heavy atom. The van der Waals surface area contributed by atoms with E-state index in [1.54, 1.807) is 7.11 Å². The molecule has 0 atom stereocenters. The highest BCUT2D eigenvalue weighted by Crippen LogP contribution is 2.20. The standard InChI is InChI=1S/C10H22N2O3S/c1-15-10-5-3-9(4-6-10)12-7-2-8-16(11,13)14/h9-10,12H,2-8H2,1H3,(H2,11,13,14). The fourth-order valence-corrected chi connectivity index (χ4v) is 2.63. The van der Waals surface area contributed by atoms with Crippen molar-refractivity contribution in [1.29, 1.82) is 0 Å². The highest BCUT2D eigenvalue weighted by Gasteiger charge is 2.19. The van der Waals surface area contributed by atoms with Gasteiger partial charge in [0.25, 0.3) is 0 Å². The summed E-state index contributed by atoms with van der Waals surface area (Å²) in [6.45, 7) is 0.721. The summed E-state index contributed by atoms with van der Waals surface area (Å²) < 4.78 is 26.7. The average molecular weight is 250 g/mol. The molecule has 0 heterocycles. The van der Waals surface area contributed by atoms with Crippen molar-refractivity contribution in [1.82, 2.24) is 5.32 Å². The summed E-state index contributed by atoms with van der Waals surface area (Å²) in [7, 11) is -1.55. The maximum Gasteiger partial charge on any atom is 0.209 e. The number of ether oxygens (including phenoxy) is 1. The van der Waals surface area contributed by atoms with Crippen LogP contribution in [0.1, 0.15) is 32.1 Å². The summed E-state index contributed by atoms with van der Waals surface area (Å²) in [5.74, 6) is 0.0629. The molecule has 0 bridgehead atoms. The molecule has 5 nitrogen and oxygen atoms in total. The molecule has 0 aromatic rings. The fraction of sp³-hybridized carbons (Fsp3) is 1.00. The lowest BCUT2D eigenvalue weighted by Gasteiger charge is -2.28. The maximum atomic E-state index is 10.7. The van der Waals surface area contributed by atoms with Crippen molar-refractivity contribution in [3.05, 3.63) is 0 Å². The molecule has 6 heteroatoms. The lowest BCUT2D eigenvalue weighted by atomic mass is 9.93. The van der Waals surface area contributed by atoms with Crippen molar-refractivity contribution >= 4 is 10.0 Å². The van der Waals surface area contributed by atoms with Crippen molar-refractivity contribution in [2.24, 2.45) is 5.14 Å². The van der Waals surface area contributed by atoms with E-state index in [9.17, 15) is 8.42 Å². The SMILES string of the molecule is COC1CCC(NCCCS(N)(=O)=O)CC1. The fourth-order valence-electron chi connectivity index (χ4n) is 2.08. The minimum absolute atomic E-state index is 0.0629. The van der Waals surface area contributed by atoms with Crippen molar-refractivity contribution in [2.75, 3.05) is 19.4 Å². The Bertz CT molecular complexity index is 284. The summed E-state index contributed by atoms with van der Waals surface area (Å²) >= 11 is 0. The van der Waals surface area contributed by atoms with Gasteiger partial charge in [0.05, 0.1) is 11.9 Å². The highest BCUT2D eigenvalue weighted by atomic mass is 32.2. The summed E-state index contributed by atoms with van der Waals surface area (Å²) in [4.78, 5) is 0. The van der Waals surface area contributed by atoms with Gasteiger partial charge in [0.2, 0.25) is 10.0 Å². The first-order valence-corrected chi connectivity index (χ1v) is 7.49. The van der Waals surface area contributed by atoms with E-state index in [2.05, 4.69) is 5.32 Å². The smallest absolute Gasteiger partial charge is 0.209 e. The topological polar surface area (TPSA) is 81.4 Å². The Kier molecular flexibility index (Phi) is 5.68. The molecule has 0 aliphatic heterocycles. The summed E-state index contributed by atoms with van der Waals surface area (Å²) in [5.41, 5.74) is 0.